The number of nitrogen functional groups attached to an aromatic ring is 1. The van der Waals surface area contributed by atoms with E-state index in [2.05, 4.69) is 34.8 Å². The quantitative estimate of drug-likeness (QED) is 0.0891. The Bertz CT molecular complexity index is 1430. The smallest absolute Gasteiger partial charge is 0.352 e. The molecule has 2 amide bonds. The van der Waals surface area contributed by atoms with Crippen molar-refractivity contribution in [2.75, 3.05) is 24.3 Å². The lowest BCUT2D eigenvalue weighted by atomic mass is 10.0. The molecule has 2 aliphatic heterocycles. The average molecular weight is 556 g/mol. The van der Waals surface area contributed by atoms with Crippen molar-refractivity contribution in [1.82, 2.24) is 34.3 Å². The summed E-state index contributed by atoms with van der Waals surface area (Å²) in [6, 6.07) is -1.02. The number of amides is 2. The third-order valence-electron chi connectivity index (χ3n) is 4.91. The molecule has 5 N–H and O–H groups in total. The second kappa shape index (κ2) is 10.1. The number of nitrogens with one attached hydrogen (secondary N) is 2. The maximum absolute atomic E-state index is 12.9. The highest BCUT2D eigenvalue weighted by Crippen LogP contribution is 2.41. The Morgan fingerprint density at radius 3 is 2.75 bits per heavy atom. The largest absolute Gasteiger partial charge is 0.477 e. The number of fused-ring (bicyclic) bond motifs is 1. The molecule has 4 heterocycles. The minimum absolute atomic E-state index is 0.0764. The predicted octanol–water partition coefficient (Wildman–Crippen LogP) is -2.22. The summed E-state index contributed by atoms with van der Waals surface area (Å²) in [5.74, 6) is -2.49. The minimum atomic E-state index is -1.32. The molecule has 1 fully saturated rings. The third-order valence-corrected chi connectivity index (χ3v) is 7.91. The first-order valence-corrected chi connectivity index (χ1v) is 12.6. The normalized spacial score (nSPS) is 19.6. The maximum atomic E-state index is 12.9. The Kier molecular flexibility index (Phi) is 7.13. The highest BCUT2D eigenvalue weighted by molar-refractivity contribution is 8.01. The van der Waals surface area contributed by atoms with Gasteiger partial charge in [0.15, 0.2) is 10.3 Å². The van der Waals surface area contributed by atoms with E-state index in [0.29, 0.717) is 5.57 Å². The van der Waals surface area contributed by atoms with E-state index in [0.717, 1.165) is 28.2 Å². The molecule has 36 heavy (non-hydrogen) atoms. The number of rotatable bonds is 8. The molecule has 0 aromatic carbocycles. The van der Waals surface area contributed by atoms with Gasteiger partial charge < -0.3 is 21.0 Å². The summed E-state index contributed by atoms with van der Waals surface area (Å²) in [5.41, 5.74) is 3.62. The number of nitrogens with two attached hydrogens (primary N) is 1. The molecule has 19 heteroatoms. The summed E-state index contributed by atoms with van der Waals surface area (Å²) in [7, 11) is 2.71. The Labute approximate surface area is 213 Å². The lowest BCUT2D eigenvalue weighted by Crippen LogP contribution is -2.71. The molecule has 2 aromatic heterocycles. The van der Waals surface area contributed by atoms with Gasteiger partial charge in [-0.2, -0.15) is 14.3 Å². The number of aromatic nitrogens is 5. The van der Waals surface area contributed by atoms with Gasteiger partial charge in [0.05, 0.1) is 0 Å². The van der Waals surface area contributed by atoms with Crippen molar-refractivity contribution in [3.63, 3.8) is 0 Å². The van der Waals surface area contributed by atoms with E-state index >= 15 is 0 Å². The number of anilines is 1. The molecule has 0 saturated carbocycles. The van der Waals surface area contributed by atoms with Gasteiger partial charge in [0.25, 0.3) is 11.8 Å². The van der Waals surface area contributed by atoms with Crippen LogP contribution in [0, 0.1) is 0 Å². The van der Waals surface area contributed by atoms with Crippen LogP contribution in [0.4, 0.5) is 5.13 Å². The molecule has 4 rings (SSSR count). The molecule has 2 aliphatic rings. The van der Waals surface area contributed by atoms with Crippen molar-refractivity contribution in [3.05, 3.63) is 37.8 Å². The zero-order chi connectivity index (χ0) is 26.1. The van der Waals surface area contributed by atoms with Crippen LogP contribution in [0.5, 0.6) is 0 Å². The number of aryl methyl sites for hydroxylation is 1. The standard InChI is InChI=1S/C17H17N9O7S3/c1-25-17(21-11(28)12(29)22-25)35-4-5-3-34-14-7(13(30)26(14)8(5)15(31)32)19-10(27)6(23-33-2)9-20-16(18)36-24-9/h7,14H,3-4H2,1-2H3,(H,19,27)(H,22,29)(H,31,32)(H2,18,20,24)/b23-6-/t7-,14-/m1/s1. The molecule has 2 atom stereocenters. The van der Waals surface area contributed by atoms with Crippen molar-refractivity contribution >= 4 is 63.7 Å². The summed E-state index contributed by atoms with van der Waals surface area (Å²) < 4.78 is 5.16. The highest BCUT2D eigenvalue weighted by Gasteiger charge is 2.54. The van der Waals surface area contributed by atoms with E-state index in [1.807, 2.05) is 0 Å². The number of hydrogen-bond donors (Lipinski definition) is 4. The summed E-state index contributed by atoms with van der Waals surface area (Å²) in [4.78, 5) is 74.0. The number of hydrogen-bond acceptors (Lipinski definition) is 14. The predicted molar refractivity (Wildman–Crippen MR) is 128 cm³/mol. The third kappa shape index (κ3) is 4.71. The van der Waals surface area contributed by atoms with Crippen LogP contribution >= 0.6 is 35.1 Å². The monoisotopic (exact) mass is 555 g/mol. The first kappa shape index (κ1) is 25.4. The topological polar surface area (TPSA) is 228 Å². The van der Waals surface area contributed by atoms with Crippen molar-refractivity contribution in [2.45, 2.75) is 16.6 Å². The molecule has 0 unspecified atom stereocenters. The van der Waals surface area contributed by atoms with Crippen LogP contribution in [-0.2, 0) is 26.3 Å². The number of β-lactam (4-membered cyclic amide) rings is 1. The Hall–Kier alpha value is -3.71. The molecule has 0 bridgehead atoms. The lowest BCUT2D eigenvalue weighted by molar-refractivity contribution is -0.150. The number of carboxylic acids is 1. The van der Waals surface area contributed by atoms with E-state index in [4.69, 9.17) is 5.73 Å². The van der Waals surface area contributed by atoms with Gasteiger partial charge in [0.1, 0.15) is 24.2 Å². The lowest BCUT2D eigenvalue weighted by Gasteiger charge is -2.49. The fourth-order valence-electron chi connectivity index (χ4n) is 3.35. The van der Waals surface area contributed by atoms with Gasteiger partial charge in [-0.15, -0.1) is 11.8 Å². The Morgan fingerprint density at radius 2 is 2.11 bits per heavy atom. The minimum Gasteiger partial charge on any atom is -0.477 e. The van der Waals surface area contributed by atoms with Crippen LogP contribution in [0.25, 0.3) is 0 Å². The van der Waals surface area contributed by atoms with Gasteiger partial charge in [0, 0.05) is 30.1 Å². The number of oxime groups is 1. The summed E-state index contributed by atoms with van der Waals surface area (Å²) in [6.45, 7) is 0. The van der Waals surface area contributed by atoms with Crippen LogP contribution in [0.15, 0.2) is 31.2 Å². The fourth-order valence-corrected chi connectivity index (χ4v) is 6.19. The average Bonchev–Trinajstić information content (AvgIpc) is 3.27. The number of nitrogens with zero attached hydrogens (tertiary/aromatic N) is 6. The highest BCUT2D eigenvalue weighted by atomic mass is 32.2. The number of aliphatic carboxylic acids is 1. The Morgan fingerprint density at radius 1 is 1.36 bits per heavy atom. The zero-order valence-corrected chi connectivity index (χ0v) is 20.9. The first-order valence-electron chi connectivity index (χ1n) is 9.84. The second-order valence-corrected chi connectivity index (χ2v) is 10.0. The summed E-state index contributed by atoms with van der Waals surface area (Å²) in [5, 5.41) is 17.9. The molecule has 190 valence electrons. The Balaban J connectivity index is 1.51. The number of thioether (sulfide) groups is 2. The number of carbonyl (C=O) groups excluding carboxylic acids is 2. The van der Waals surface area contributed by atoms with Crippen molar-refractivity contribution in [2.24, 2.45) is 12.2 Å². The van der Waals surface area contributed by atoms with Gasteiger partial charge in [-0.05, 0) is 5.57 Å². The SMILES string of the molecule is CO/N=C(\C(=O)N[C@@H]1C(=O)N2C(C(=O)O)=C(CSc3nc(=O)c(=O)[nH]n3C)CS[C@H]12)c1nsc(N)n1. The van der Waals surface area contributed by atoms with E-state index in [1.165, 1.54) is 30.6 Å². The zero-order valence-electron chi connectivity index (χ0n) is 18.5. The van der Waals surface area contributed by atoms with E-state index < -0.39 is 40.3 Å². The summed E-state index contributed by atoms with van der Waals surface area (Å²) in [6.07, 6.45) is 0. The molecule has 2 aromatic rings. The molecule has 0 spiro atoms. The van der Waals surface area contributed by atoms with E-state index in [-0.39, 0.29) is 39.0 Å². The number of carboxylic acid groups (broad SMARTS) is 1. The number of aromatic amines is 1. The molecular formula is C17H17N9O7S3. The van der Waals surface area contributed by atoms with Crippen LogP contribution in [0.3, 0.4) is 0 Å². The molecule has 1 saturated heterocycles. The maximum Gasteiger partial charge on any atom is 0.352 e. The van der Waals surface area contributed by atoms with Crippen LogP contribution in [0.2, 0.25) is 0 Å². The van der Waals surface area contributed by atoms with Gasteiger partial charge >= 0.3 is 17.1 Å². The van der Waals surface area contributed by atoms with Crippen molar-refractivity contribution in [3.8, 4) is 0 Å². The van der Waals surface area contributed by atoms with Gasteiger partial charge in [-0.25, -0.2) is 4.79 Å². The van der Waals surface area contributed by atoms with E-state index in [9.17, 15) is 29.1 Å². The second-order valence-electron chi connectivity index (χ2n) is 7.19. The first-order chi connectivity index (χ1) is 17.1. The fraction of sp³-hybridized carbons (Fsp3) is 0.353. The molecular weight excluding hydrogens is 538 g/mol. The number of carbonyl (C=O) groups is 3. The van der Waals surface area contributed by atoms with E-state index in [1.54, 1.807) is 0 Å². The van der Waals surface area contributed by atoms with Crippen LogP contribution in [0.1, 0.15) is 5.82 Å². The van der Waals surface area contributed by atoms with Crippen LogP contribution < -0.4 is 22.2 Å². The van der Waals surface area contributed by atoms with Gasteiger partial charge in [-0.3, -0.25) is 33.9 Å². The van der Waals surface area contributed by atoms with Gasteiger partial charge in [-0.1, -0.05) is 16.9 Å². The van der Waals surface area contributed by atoms with Crippen LogP contribution in [-0.4, -0.2) is 87.7 Å². The molecule has 16 nitrogen and oxygen atoms in total. The van der Waals surface area contributed by atoms with Crippen molar-refractivity contribution < 1.29 is 24.3 Å². The molecule has 0 aliphatic carbocycles. The number of H-pyrrole nitrogens is 1. The summed E-state index contributed by atoms with van der Waals surface area (Å²) >= 11 is 3.14. The van der Waals surface area contributed by atoms with Gasteiger partial charge in [0.2, 0.25) is 11.5 Å². The molecule has 0 radical (unpaired) electrons. The van der Waals surface area contributed by atoms with Crippen molar-refractivity contribution in [1.29, 1.82) is 0 Å².